The summed E-state index contributed by atoms with van der Waals surface area (Å²) in [6.45, 7) is 2.04. The molecular formula is C19H15BrFN3OS. The zero-order chi connectivity index (χ0) is 18.5. The molecule has 0 atom stereocenters. The van der Waals surface area contributed by atoms with E-state index >= 15 is 0 Å². The fourth-order valence-electron chi connectivity index (χ4n) is 2.25. The molecule has 26 heavy (non-hydrogen) atoms. The van der Waals surface area contributed by atoms with Gasteiger partial charge >= 0.3 is 0 Å². The van der Waals surface area contributed by atoms with E-state index in [1.165, 1.54) is 47.2 Å². The number of carbonyl (C=O) groups excluding carboxylic acids is 1. The van der Waals surface area contributed by atoms with Gasteiger partial charge in [0.1, 0.15) is 11.5 Å². The van der Waals surface area contributed by atoms with E-state index in [1.807, 2.05) is 25.1 Å². The van der Waals surface area contributed by atoms with Crippen molar-refractivity contribution >= 4 is 39.3 Å². The number of aryl methyl sites for hydroxylation is 1. The predicted molar refractivity (Wildman–Crippen MR) is 105 cm³/mol. The van der Waals surface area contributed by atoms with Crippen LogP contribution in [-0.4, -0.2) is 15.9 Å². The maximum Gasteiger partial charge on any atom is 0.275 e. The summed E-state index contributed by atoms with van der Waals surface area (Å²) in [5.74, 6) is -0.0353. The molecule has 0 aliphatic rings. The lowest BCUT2D eigenvalue weighted by Gasteiger charge is -2.08. The van der Waals surface area contributed by atoms with Gasteiger partial charge in [0.2, 0.25) is 0 Å². The summed E-state index contributed by atoms with van der Waals surface area (Å²) in [4.78, 5) is 21.1. The number of benzene rings is 2. The first-order valence-electron chi connectivity index (χ1n) is 7.79. The zero-order valence-corrected chi connectivity index (χ0v) is 16.3. The van der Waals surface area contributed by atoms with Gasteiger partial charge in [0.05, 0.1) is 4.47 Å². The summed E-state index contributed by atoms with van der Waals surface area (Å²) in [5.41, 5.74) is 3.09. The van der Waals surface area contributed by atoms with Crippen molar-refractivity contribution in [1.82, 2.24) is 9.97 Å². The van der Waals surface area contributed by atoms with Crippen LogP contribution in [-0.2, 0) is 5.75 Å². The largest absolute Gasteiger partial charge is 0.321 e. The van der Waals surface area contributed by atoms with Gasteiger partial charge in [0, 0.05) is 17.6 Å². The number of carbonyl (C=O) groups is 1. The number of nitrogens with one attached hydrogen (secondary N) is 1. The number of nitrogens with zero attached hydrogens (tertiary/aromatic N) is 2. The molecule has 4 nitrogen and oxygen atoms in total. The highest BCUT2D eigenvalue weighted by Crippen LogP contribution is 2.23. The lowest BCUT2D eigenvalue weighted by molar-refractivity contribution is 0.102. The van der Waals surface area contributed by atoms with Crippen LogP contribution in [0.5, 0.6) is 0 Å². The summed E-state index contributed by atoms with van der Waals surface area (Å²) in [6.07, 6.45) is 1.56. The highest BCUT2D eigenvalue weighted by molar-refractivity contribution is 9.10. The Labute approximate surface area is 163 Å². The monoisotopic (exact) mass is 431 g/mol. The molecule has 3 aromatic rings. The Hall–Kier alpha value is -2.25. The topological polar surface area (TPSA) is 54.9 Å². The lowest BCUT2D eigenvalue weighted by atomic mass is 10.2. The van der Waals surface area contributed by atoms with Crippen LogP contribution in [0.3, 0.4) is 0 Å². The summed E-state index contributed by atoms with van der Waals surface area (Å²) in [7, 11) is 0. The fraction of sp³-hybridized carbons (Fsp3) is 0.105. The number of amides is 1. The van der Waals surface area contributed by atoms with Crippen molar-refractivity contribution in [1.29, 1.82) is 0 Å². The van der Waals surface area contributed by atoms with Crippen LogP contribution >= 0.6 is 27.7 Å². The number of aromatic nitrogens is 2. The molecule has 0 aliphatic carbocycles. The van der Waals surface area contributed by atoms with E-state index in [2.05, 4.69) is 37.3 Å². The molecule has 0 spiro atoms. The second-order valence-electron chi connectivity index (χ2n) is 5.59. The molecule has 1 heterocycles. The first-order valence-corrected chi connectivity index (χ1v) is 9.57. The number of hydrogen-bond donors (Lipinski definition) is 1. The first-order chi connectivity index (χ1) is 12.5. The molecule has 1 N–H and O–H groups in total. The van der Waals surface area contributed by atoms with E-state index < -0.39 is 0 Å². The highest BCUT2D eigenvalue weighted by Gasteiger charge is 2.14. The number of thioether (sulfide) groups is 1. The molecular weight excluding hydrogens is 417 g/mol. The Bertz CT molecular complexity index is 934. The quantitative estimate of drug-likeness (QED) is 0.443. The summed E-state index contributed by atoms with van der Waals surface area (Å²) >= 11 is 4.76. The van der Waals surface area contributed by atoms with E-state index in [9.17, 15) is 9.18 Å². The van der Waals surface area contributed by atoms with Gasteiger partial charge in [-0.15, -0.1) is 0 Å². The van der Waals surface area contributed by atoms with Gasteiger partial charge in [-0.05, 0) is 52.7 Å². The van der Waals surface area contributed by atoms with Crippen LogP contribution in [0.2, 0.25) is 0 Å². The summed E-state index contributed by atoms with van der Waals surface area (Å²) in [6, 6.07) is 13.8. The molecule has 132 valence electrons. The van der Waals surface area contributed by atoms with Crippen molar-refractivity contribution < 1.29 is 9.18 Å². The fourth-order valence-corrected chi connectivity index (χ4v) is 3.38. The average molecular weight is 432 g/mol. The van der Waals surface area contributed by atoms with E-state index in [-0.39, 0.29) is 17.4 Å². The molecule has 0 unspecified atom stereocenters. The van der Waals surface area contributed by atoms with E-state index in [0.29, 0.717) is 21.1 Å². The molecule has 0 aliphatic heterocycles. The van der Waals surface area contributed by atoms with Crippen LogP contribution in [0.15, 0.2) is 64.4 Å². The number of hydrogen-bond acceptors (Lipinski definition) is 4. The Balaban J connectivity index is 1.72. The first kappa shape index (κ1) is 18.5. The number of rotatable bonds is 5. The second-order valence-corrected chi connectivity index (χ2v) is 7.38. The van der Waals surface area contributed by atoms with Gasteiger partial charge in [-0.1, -0.05) is 41.6 Å². The molecule has 0 saturated heterocycles. The molecule has 0 bridgehead atoms. The molecule has 0 fully saturated rings. The molecule has 3 rings (SSSR count). The van der Waals surface area contributed by atoms with E-state index in [0.717, 1.165) is 0 Å². The van der Waals surface area contributed by atoms with E-state index in [1.54, 1.807) is 6.20 Å². The van der Waals surface area contributed by atoms with Crippen LogP contribution in [0.1, 0.15) is 21.6 Å². The van der Waals surface area contributed by atoms with Crippen LogP contribution in [0.25, 0.3) is 0 Å². The molecule has 2 aromatic carbocycles. The van der Waals surface area contributed by atoms with Gasteiger partial charge in [0.25, 0.3) is 5.91 Å². The second kappa shape index (κ2) is 8.42. The Morgan fingerprint density at radius 1 is 1.23 bits per heavy atom. The highest BCUT2D eigenvalue weighted by atomic mass is 79.9. The van der Waals surface area contributed by atoms with E-state index in [4.69, 9.17) is 0 Å². The lowest BCUT2D eigenvalue weighted by Crippen LogP contribution is -2.15. The van der Waals surface area contributed by atoms with Crippen molar-refractivity contribution in [3.63, 3.8) is 0 Å². The molecule has 1 aromatic heterocycles. The van der Waals surface area contributed by atoms with Gasteiger partial charge in [-0.25, -0.2) is 14.4 Å². The summed E-state index contributed by atoms with van der Waals surface area (Å²) in [5, 5.41) is 3.21. The normalized spacial score (nSPS) is 10.6. The Kier molecular flexibility index (Phi) is 6.00. The minimum absolute atomic E-state index is 0.232. The van der Waals surface area contributed by atoms with Crippen molar-refractivity contribution in [2.24, 2.45) is 0 Å². The average Bonchev–Trinajstić information content (AvgIpc) is 2.63. The SMILES string of the molecule is Cc1cccc(CSc2ncc(Br)c(C(=O)Nc3ccc(F)cc3)n2)c1. The molecule has 1 amide bonds. The van der Waals surface area contributed by atoms with Gasteiger partial charge < -0.3 is 5.32 Å². The maximum atomic E-state index is 13.0. The van der Waals surface area contributed by atoms with Crippen molar-refractivity contribution in [3.8, 4) is 0 Å². The summed E-state index contributed by atoms with van der Waals surface area (Å²) < 4.78 is 13.5. The number of halogens is 2. The Morgan fingerprint density at radius 3 is 2.73 bits per heavy atom. The van der Waals surface area contributed by atoms with Crippen molar-refractivity contribution in [2.45, 2.75) is 17.8 Å². The standard InChI is InChI=1S/C19H15BrFN3OS/c1-12-3-2-4-13(9-12)11-26-19-22-10-16(20)17(24-19)18(25)23-15-7-5-14(21)6-8-15/h2-10H,11H2,1H3,(H,23,25). The Morgan fingerprint density at radius 2 is 2.00 bits per heavy atom. The minimum atomic E-state index is -0.386. The van der Waals surface area contributed by atoms with Crippen molar-refractivity contribution in [3.05, 3.63) is 81.8 Å². The van der Waals surface area contributed by atoms with Gasteiger partial charge in [-0.2, -0.15) is 0 Å². The van der Waals surface area contributed by atoms with Crippen LogP contribution in [0, 0.1) is 12.7 Å². The molecule has 0 saturated carbocycles. The smallest absolute Gasteiger partial charge is 0.275 e. The van der Waals surface area contributed by atoms with Crippen molar-refractivity contribution in [2.75, 3.05) is 5.32 Å². The van der Waals surface area contributed by atoms with Gasteiger partial charge in [0.15, 0.2) is 5.16 Å². The molecule has 0 radical (unpaired) electrons. The predicted octanol–water partition coefficient (Wildman–Crippen LogP) is 5.23. The third-order valence-corrected chi connectivity index (χ3v) is 5.00. The third-order valence-electron chi connectivity index (χ3n) is 3.49. The maximum absolute atomic E-state index is 13.0. The van der Waals surface area contributed by atoms with Crippen LogP contribution < -0.4 is 5.32 Å². The third kappa shape index (κ3) is 4.89. The number of anilines is 1. The molecule has 7 heteroatoms. The van der Waals surface area contributed by atoms with Crippen LogP contribution in [0.4, 0.5) is 10.1 Å². The minimum Gasteiger partial charge on any atom is -0.321 e. The van der Waals surface area contributed by atoms with Gasteiger partial charge in [-0.3, -0.25) is 4.79 Å². The zero-order valence-electron chi connectivity index (χ0n) is 13.9.